The molecule has 1 aromatic heterocycles. The number of benzene rings is 1. The van der Waals surface area contributed by atoms with Crippen molar-refractivity contribution in [3.63, 3.8) is 0 Å². The smallest absolute Gasteiger partial charge is 0.322 e. The number of hydrogen-bond donors (Lipinski definition) is 1. The first-order valence-corrected chi connectivity index (χ1v) is 9.34. The molecule has 0 saturated carbocycles. The van der Waals surface area contributed by atoms with Gasteiger partial charge < -0.3 is 15.1 Å². The van der Waals surface area contributed by atoms with E-state index >= 15 is 0 Å². The topological polar surface area (TPSA) is 61.4 Å². The fourth-order valence-corrected chi connectivity index (χ4v) is 3.72. The Morgan fingerprint density at radius 3 is 2.50 bits per heavy atom. The molecule has 0 unspecified atom stereocenters. The van der Waals surface area contributed by atoms with Crippen molar-refractivity contribution in [2.24, 2.45) is 0 Å². The Hall–Kier alpha value is -2.63. The van der Waals surface area contributed by atoms with Gasteiger partial charge in [0.05, 0.1) is 12.2 Å². The number of carbonyl (C=O) groups is 1. The van der Waals surface area contributed by atoms with E-state index in [0.717, 1.165) is 48.1 Å². The Kier molecular flexibility index (Phi) is 4.49. The van der Waals surface area contributed by atoms with E-state index in [-0.39, 0.29) is 6.03 Å². The van der Waals surface area contributed by atoms with Crippen LogP contribution in [-0.4, -0.2) is 40.5 Å². The van der Waals surface area contributed by atoms with Crippen molar-refractivity contribution in [1.82, 2.24) is 14.9 Å². The Morgan fingerprint density at radius 2 is 1.77 bits per heavy atom. The van der Waals surface area contributed by atoms with E-state index in [1.165, 1.54) is 18.4 Å². The van der Waals surface area contributed by atoms with Crippen LogP contribution in [-0.2, 0) is 13.0 Å². The molecule has 26 heavy (non-hydrogen) atoms. The van der Waals surface area contributed by atoms with Crippen molar-refractivity contribution in [1.29, 1.82) is 0 Å². The molecule has 2 aliphatic rings. The summed E-state index contributed by atoms with van der Waals surface area (Å²) in [5.74, 6) is 1.85. The molecule has 136 valence electrons. The Bertz CT molecular complexity index is 812. The zero-order valence-corrected chi connectivity index (χ0v) is 15.5. The van der Waals surface area contributed by atoms with Crippen LogP contribution in [0, 0.1) is 13.8 Å². The number of hydrogen-bond acceptors (Lipinski definition) is 4. The van der Waals surface area contributed by atoms with Crippen LogP contribution in [0.4, 0.5) is 16.3 Å². The van der Waals surface area contributed by atoms with Gasteiger partial charge in [-0.15, -0.1) is 0 Å². The standard InChI is InChI=1S/C20H25N5O/c1-14-5-7-16(8-6-14)23-20(26)25-12-9-18-17(13-25)19(22-15(2)21-18)24-10-3-4-11-24/h5-8H,3-4,9-13H2,1-2H3,(H,23,26). The van der Waals surface area contributed by atoms with E-state index in [1.807, 2.05) is 43.0 Å². The van der Waals surface area contributed by atoms with Crippen LogP contribution in [0.15, 0.2) is 24.3 Å². The first kappa shape index (κ1) is 16.8. The molecule has 6 heteroatoms. The summed E-state index contributed by atoms with van der Waals surface area (Å²) < 4.78 is 0. The van der Waals surface area contributed by atoms with Crippen LogP contribution in [0.5, 0.6) is 0 Å². The second-order valence-corrected chi connectivity index (χ2v) is 7.18. The molecule has 0 spiro atoms. The molecule has 3 heterocycles. The molecule has 0 bridgehead atoms. The number of amides is 2. The molecule has 0 aliphatic carbocycles. The molecule has 1 fully saturated rings. The van der Waals surface area contributed by atoms with E-state index < -0.39 is 0 Å². The van der Waals surface area contributed by atoms with Crippen molar-refractivity contribution in [2.75, 3.05) is 29.9 Å². The van der Waals surface area contributed by atoms with Gasteiger partial charge in [0, 0.05) is 37.3 Å². The average molecular weight is 351 g/mol. The van der Waals surface area contributed by atoms with Crippen molar-refractivity contribution in [2.45, 2.75) is 39.7 Å². The summed E-state index contributed by atoms with van der Waals surface area (Å²) in [6.07, 6.45) is 3.19. The number of fused-ring (bicyclic) bond motifs is 1. The molecule has 0 radical (unpaired) electrons. The van der Waals surface area contributed by atoms with E-state index in [0.29, 0.717) is 13.1 Å². The minimum Gasteiger partial charge on any atom is -0.356 e. The van der Waals surface area contributed by atoms with Crippen LogP contribution in [0.2, 0.25) is 0 Å². The predicted octanol–water partition coefficient (Wildman–Crippen LogP) is 3.28. The first-order chi connectivity index (χ1) is 12.6. The lowest BCUT2D eigenvalue weighted by Crippen LogP contribution is -2.40. The summed E-state index contributed by atoms with van der Waals surface area (Å²) in [7, 11) is 0. The second-order valence-electron chi connectivity index (χ2n) is 7.18. The van der Waals surface area contributed by atoms with Gasteiger partial charge in [0.2, 0.25) is 0 Å². The lowest BCUT2D eigenvalue weighted by molar-refractivity contribution is 0.206. The lowest BCUT2D eigenvalue weighted by Gasteiger charge is -2.31. The number of nitrogens with zero attached hydrogens (tertiary/aromatic N) is 4. The Morgan fingerprint density at radius 1 is 1.04 bits per heavy atom. The maximum absolute atomic E-state index is 12.7. The normalized spacial score (nSPS) is 16.5. The summed E-state index contributed by atoms with van der Waals surface area (Å²) in [6, 6.07) is 7.82. The van der Waals surface area contributed by atoms with Gasteiger partial charge in [0.15, 0.2) is 0 Å². The summed E-state index contributed by atoms with van der Waals surface area (Å²) in [6.45, 7) is 7.32. The second kappa shape index (κ2) is 6.94. The molecule has 2 aliphatic heterocycles. The summed E-state index contributed by atoms with van der Waals surface area (Å²) in [4.78, 5) is 26.3. The Balaban J connectivity index is 1.54. The number of aromatic nitrogens is 2. The maximum Gasteiger partial charge on any atom is 0.322 e. The summed E-state index contributed by atoms with van der Waals surface area (Å²) in [5, 5.41) is 3.00. The predicted molar refractivity (Wildman–Crippen MR) is 103 cm³/mol. The minimum atomic E-state index is -0.0625. The van der Waals surface area contributed by atoms with E-state index in [9.17, 15) is 4.79 Å². The highest BCUT2D eigenvalue weighted by Crippen LogP contribution is 2.29. The summed E-state index contributed by atoms with van der Waals surface area (Å²) in [5.41, 5.74) is 4.21. The Labute approximate surface area is 154 Å². The van der Waals surface area contributed by atoms with Gasteiger partial charge in [-0.25, -0.2) is 14.8 Å². The zero-order chi connectivity index (χ0) is 18.1. The highest BCUT2D eigenvalue weighted by molar-refractivity contribution is 5.89. The van der Waals surface area contributed by atoms with Crippen molar-refractivity contribution < 1.29 is 4.79 Å². The third kappa shape index (κ3) is 3.36. The SMILES string of the molecule is Cc1ccc(NC(=O)N2CCc3nc(C)nc(N4CCCC4)c3C2)cc1. The molecule has 1 N–H and O–H groups in total. The number of urea groups is 1. The zero-order valence-electron chi connectivity index (χ0n) is 15.5. The van der Waals surface area contributed by atoms with E-state index in [1.54, 1.807) is 0 Å². The monoisotopic (exact) mass is 351 g/mol. The van der Waals surface area contributed by atoms with Gasteiger partial charge in [-0.2, -0.15) is 0 Å². The molecule has 1 saturated heterocycles. The van der Waals surface area contributed by atoms with E-state index in [2.05, 4.69) is 15.2 Å². The fourth-order valence-electron chi connectivity index (χ4n) is 3.72. The van der Waals surface area contributed by atoms with Gasteiger partial charge in [0.25, 0.3) is 0 Å². The van der Waals surface area contributed by atoms with Crippen LogP contribution in [0.3, 0.4) is 0 Å². The van der Waals surface area contributed by atoms with Crippen LogP contribution < -0.4 is 10.2 Å². The minimum absolute atomic E-state index is 0.0625. The van der Waals surface area contributed by atoms with Crippen LogP contribution in [0.25, 0.3) is 0 Å². The van der Waals surface area contributed by atoms with Crippen LogP contribution in [0.1, 0.15) is 35.5 Å². The fraction of sp³-hybridized carbons (Fsp3) is 0.450. The van der Waals surface area contributed by atoms with Crippen molar-refractivity contribution in [3.05, 3.63) is 46.9 Å². The molecule has 1 aromatic carbocycles. The van der Waals surface area contributed by atoms with Gasteiger partial charge >= 0.3 is 6.03 Å². The van der Waals surface area contributed by atoms with Gasteiger partial charge in [0.1, 0.15) is 11.6 Å². The molecule has 6 nitrogen and oxygen atoms in total. The molecule has 2 amide bonds. The third-order valence-electron chi connectivity index (χ3n) is 5.15. The van der Waals surface area contributed by atoms with Crippen molar-refractivity contribution in [3.8, 4) is 0 Å². The summed E-state index contributed by atoms with van der Waals surface area (Å²) >= 11 is 0. The molecule has 0 atom stereocenters. The molecule has 4 rings (SSSR count). The van der Waals surface area contributed by atoms with Gasteiger partial charge in [-0.1, -0.05) is 17.7 Å². The van der Waals surface area contributed by atoms with Gasteiger partial charge in [-0.05, 0) is 38.8 Å². The van der Waals surface area contributed by atoms with Crippen molar-refractivity contribution >= 4 is 17.5 Å². The number of carbonyl (C=O) groups excluding carboxylic acids is 1. The quantitative estimate of drug-likeness (QED) is 0.902. The molecular formula is C20H25N5O. The number of rotatable bonds is 2. The highest BCUT2D eigenvalue weighted by Gasteiger charge is 2.28. The van der Waals surface area contributed by atoms with Crippen LogP contribution >= 0.6 is 0 Å². The molecular weight excluding hydrogens is 326 g/mol. The lowest BCUT2D eigenvalue weighted by atomic mass is 10.1. The maximum atomic E-state index is 12.7. The number of aryl methyl sites for hydroxylation is 2. The largest absolute Gasteiger partial charge is 0.356 e. The average Bonchev–Trinajstić information content (AvgIpc) is 3.17. The number of nitrogens with one attached hydrogen (secondary N) is 1. The van der Waals surface area contributed by atoms with Gasteiger partial charge in [-0.3, -0.25) is 0 Å². The highest BCUT2D eigenvalue weighted by atomic mass is 16.2. The molecule has 2 aromatic rings. The first-order valence-electron chi connectivity index (χ1n) is 9.34. The third-order valence-corrected chi connectivity index (χ3v) is 5.15. The number of anilines is 2. The van der Waals surface area contributed by atoms with E-state index in [4.69, 9.17) is 4.98 Å².